The van der Waals surface area contributed by atoms with E-state index in [1.807, 2.05) is 11.0 Å². The fourth-order valence-corrected chi connectivity index (χ4v) is 5.69. The predicted molar refractivity (Wildman–Crippen MR) is 123 cm³/mol. The van der Waals surface area contributed by atoms with Gasteiger partial charge in [0, 0.05) is 56.6 Å². The van der Waals surface area contributed by atoms with Gasteiger partial charge in [-0.15, -0.1) is 0 Å². The number of amides is 2. The van der Waals surface area contributed by atoms with Crippen molar-refractivity contribution >= 4 is 17.6 Å². The van der Waals surface area contributed by atoms with E-state index in [4.69, 9.17) is 5.73 Å². The van der Waals surface area contributed by atoms with Crippen molar-refractivity contribution in [2.45, 2.75) is 38.4 Å². The Morgan fingerprint density at radius 3 is 2.49 bits per heavy atom. The van der Waals surface area contributed by atoms with Crippen LogP contribution in [0.2, 0.25) is 0 Å². The van der Waals surface area contributed by atoms with Gasteiger partial charge in [0.25, 0.3) is 5.91 Å². The summed E-state index contributed by atoms with van der Waals surface area (Å²) in [6, 6.07) is 4.43. The number of nitrogens with two attached hydrogens (primary N) is 1. The van der Waals surface area contributed by atoms with Gasteiger partial charge in [0.2, 0.25) is 0 Å². The summed E-state index contributed by atoms with van der Waals surface area (Å²) in [5, 5.41) is 3.95. The number of nitrogens with zero attached hydrogens (tertiary/aromatic N) is 5. The van der Waals surface area contributed by atoms with Crippen LogP contribution in [-0.2, 0) is 12.7 Å². The zero-order chi connectivity index (χ0) is 24.8. The number of carbonyl (C=O) groups excluding carboxylic acids is 2. The van der Waals surface area contributed by atoms with E-state index in [0.29, 0.717) is 38.3 Å². The summed E-state index contributed by atoms with van der Waals surface area (Å²) in [5.41, 5.74) is 5.70. The van der Waals surface area contributed by atoms with Crippen LogP contribution < -0.4 is 10.6 Å². The molecule has 2 amide bonds. The molecule has 3 aliphatic heterocycles. The second-order valence-electron chi connectivity index (χ2n) is 10.00. The third-order valence-corrected chi connectivity index (χ3v) is 7.51. The molecule has 1 aromatic carbocycles. The Kier molecular flexibility index (Phi) is 5.98. The second kappa shape index (κ2) is 8.85. The number of halogens is 3. The normalized spacial score (nSPS) is 23.1. The van der Waals surface area contributed by atoms with Crippen molar-refractivity contribution < 1.29 is 22.8 Å². The van der Waals surface area contributed by atoms with Crippen LogP contribution in [0.15, 0.2) is 30.6 Å². The topological polar surface area (TPSA) is 87.7 Å². The fraction of sp³-hybridized carbons (Fsp3) is 0.542. The van der Waals surface area contributed by atoms with E-state index < -0.39 is 17.6 Å². The van der Waals surface area contributed by atoms with Gasteiger partial charge in [-0.1, -0.05) is 6.07 Å². The number of carbonyl (C=O) groups is 2. The fourth-order valence-electron chi connectivity index (χ4n) is 5.69. The van der Waals surface area contributed by atoms with Crippen molar-refractivity contribution in [3.8, 4) is 0 Å². The van der Waals surface area contributed by atoms with Gasteiger partial charge < -0.3 is 15.5 Å². The Balaban J connectivity index is 1.24. The monoisotopic (exact) mass is 490 g/mol. The van der Waals surface area contributed by atoms with Gasteiger partial charge in [0.05, 0.1) is 17.3 Å². The minimum absolute atomic E-state index is 0.0856. The predicted octanol–water partition coefficient (Wildman–Crippen LogP) is 3.17. The van der Waals surface area contributed by atoms with E-state index in [9.17, 15) is 22.8 Å². The molecule has 3 aliphatic rings. The quantitative estimate of drug-likeness (QED) is 0.712. The highest BCUT2D eigenvalue weighted by Crippen LogP contribution is 2.41. The molecule has 2 aromatic rings. The van der Waals surface area contributed by atoms with Crippen LogP contribution >= 0.6 is 0 Å². The van der Waals surface area contributed by atoms with Crippen LogP contribution in [0.5, 0.6) is 0 Å². The molecule has 5 rings (SSSR count). The van der Waals surface area contributed by atoms with Gasteiger partial charge in [-0.05, 0) is 49.9 Å². The van der Waals surface area contributed by atoms with Crippen LogP contribution in [0.25, 0.3) is 0 Å². The standard InChI is InChI=1S/C24H29F3N6O2/c25-24(26,27)19-11-17(3-4-20(19)31-7-1-2-8-31)13-30-9-5-23(15-30)6-10-32(16-23)22(35)33-14-18(12-29-33)21(28)34/h3-4,11-12,14H,1-2,5-10,13,15-16H2,(H2,28,34). The first-order chi connectivity index (χ1) is 16.6. The Morgan fingerprint density at radius 1 is 1.06 bits per heavy atom. The van der Waals surface area contributed by atoms with Crippen LogP contribution in [0, 0.1) is 5.41 Å². The van der Waals surface area contributed by atoms with Gasteiger partial charge in [0.1, 0.15) is 0 Å². The van der Waals surface area contributed by atoms with Crippen molar-refractivity contribution in [2.75, 3.05) is 44.2 Å². The van der Waals surface area contributed by atoms with Crippen LogP contribution in [0.4, 0.5) is 23.7 Å². The molecule has 35 heavy (non-hydrogen) atoms. The molecule has 1 aromatic heterocycles. The molecule has 0 saturated carbocycles. The maximum atomic E-state index is 13.8. The van der Waals surface area contributed by atoms with Crippen LogP contribution in [0.3, 0.4) is 0 Å². The Bertz CT molecular complexity index is 1130. The van der Waals surface area contributed by atoms with Crippen molar-refractivity contribution in [3.63, 3.8) is 0 Å². The molecular weight excluding hydrogens is 461 g/mol. The summed E-state index contributed by atoms with van der Waals surface area (Å²) in [4.78, 5) is 29.8. The second-order valence-corrected chi connectivity index (χ2v) is 10.00. The number of aromatic nitrogens is 2. The summed E-state index contributed by atoms with van der Waals surface area (Å²) >= 11 is 0. The zero-order valence-corrected chi connectivity index (χ0v) is 19.4. The average Bonchev–Trinajstić information content (AvgIpc) is 3.61. The summed E-state index contributed by atoms with van der Waals surface area (Å²) in [5.74, 6) is -0.643. The summed E-state index contributed by atoms with van der Waals surface area (Å²) in [7, 11) is 0. The number of primary amides is 1. The molecule has 1 atom stereocenters. The smallest absolute Gasteiger partial charge is 0.371 e. The van der Waals surface area contributed by atoms with E-state index in [1.165, 1.54) is 18.5 Å². The Hall–Kier alpha value is -3.08. The third-order valence-electron chi connectivity index (χ3n) is 7.51. The maximum Gasteiger partial charge on any atom is 0.418 e. The zero-order valence-electron chi connectivity index (χ0n) is 19.4. The highest BCUT2D eigenvalue weighted by molar-refractivity contribution is 5.93. The summed E-state index contributed by atoms with van der Waals surface area (Å²) in [6.07, 6.45) is 1.74. The first-order valence-electron chi connectivity index (χ1n) is 11.9. The number of hydrogen-bond donors (Lipinski definition) is 1. The largest absolute Gasteiger partial charge is 0.418 e. The molecule has 1 spiro atoms. The minimum atomic E-state index is -4.40. The van der Waals surface area contributed by atoms with E-state index in [-0.39, 0.29) is 22.7 Å². The Labute approximate surface area is 201 Å². The molecule has 2 N–H and O–H groups in total. The SMILES string of the molecule is NC(=O)c1cnn(C(=O)N2CCC3(CCN(Cc4ccc(N5CCCC5)c(C(F)(F)F)c4)C3)C2)c1. The lowest BCUT2D eigenvalue weighted by atomic mass is 9.86. The summed E-state index contributed by atoms with van der Waals surface area (Å²) in [6.45, 7) is 4.38. The molecule has 1 unspecified atom stereocenters. The lowest BCUT2D eigenvalue weighted by molar-refractivity contribution is -0.137. The van der Waals surface area contributed by atoms with Crippen molar-refractivity contribution in [1.29, 1.82) is 0 Å². The molecule has 188 valence electrons. The van der Waals surface area contributed by atoms with Crippen LogP contribution in [0.1, 0.15) is 47.2 Å². The summed E-state index contributed by atoms with van der Waals surface area (Å²) < 4.78 is 42.6. The van der Waals surface area contributed by atoms with Gasteiger partial charge in [-0.25, -0.2) is 4.79 Å². The molecule has 0 bridgehead atoms. The molecule has 11 heteroatoms. The lowest BCUT2D eigenvalue weighted by Gasteiger charge is -2.26. The third kappa shape index (κ3) is 4.73. The number of benzene rings is 1. The number of anilines is 1. The molecule has 0 aliphatic carbocycles. The van der Waals surface area contributed by atoms with E-state index in [0.717, 1.165) is 43.5 Å². The number of likely N-dealkylation sites (tertiary alicyclic amines) is 2. The highest BCUT2D eigenvalue weighted by Gasteiger charge is 2.45. The van der Waals surface area contributed by atoms with E-state index in [2.05, 4.69) is 10.00 Å². The number of hydrogen-bond acceptors (Lipinski definition) is 5. The molecular formula is C24H29F3N6O2. The maximum absolute atomic E-state index is 13.8. The molecule has 4 heterocycles. The van der Waals surface area contributed by atoms with Crippen molar-refractivity contribution in [1.82, 2.24) is 19.6 Å². The first-order valence-corrected chi connectivity index (χ1v) is 11.9. The number of rotatable bonds is 4. The average molecular weight is 491 g/mol. The van der Waals surface area contributed by atoms with Crippen molar-refractivity contribution in [3.05, 3.63) is 47.3 Å². The molecule has 8 nitrogen and oxygen atoms in total. The minimum Gasteiger partial charge on any atom is -0.371 e. The van der Waals surface area contributed by atoms with Gasteiger partial charge in [-0.2, -0.15) is 23.0 Å². The first kappa shape index (κ1) is 23.7. The van der Waals surface area contributed by atoms with E-state index in [1.54, 1.807) is 11.0 Å². The van der Waals surface area contributed by atoms with Gasteiger partial charge in [0.15, 0.2) is 0 Å². The van der Waals surface area contributed by atoms with Crippen LogP contribution in [-0.4, -0.2) is 70.8 Å². The molecule has 3 saturated heterocycles. The van der Waals surface area contributed by atoms with E-state index >= 15 is 0 Å². The molecule has 3 fully saturated rings. The number of alkyl halides is 3. The van der Waals surface area contributed by atoms with Gasteiger partial charge >= 0.3 is 12.2 Å². The molecule has 0 radical (unpaired) electrons. The lowest BCUT2D eigenvalue weighted by Crippen LogP contribution is -2.36. The highest BCUT2D eigenvalue weighted by atomic mass is 19.4. The van der Waals surface area contributed by atoms with Gasteiger partial charge in [-0.3, -0.25) is 9.69 Å². The van der Waals surface area contributed by atoms with Crippen molar-refractivity contribution in [2.24, 2.45) is 11.1 Å². The Morgan fingerprint density at radius 2 is 1.80 bits per heavy atom.